The number of ether oxygens (including phenoxy) is 1. The van der Waals surface area contributed by atoms with Crippen molar-refractivity contribution in [2.45, 2.75) is 51.3 Å². The summed E-state index contributed by atoms with van der Waals surface area (Å²) in [5.74, 6) is 0. The van der Waals surface area contributed by atoms with E-state index in [0.29, 0.717) is 12.1 Å². The van der Waals surface area contributed by atoms with E-state index in [1.165, 1.54) is 6.42 Å². The first kappa shape index (κ1) is 13.6. The molecule has 1 unspecified atom stereocenters. The van der Waals surface area contributed by atoms with Crippen molar-refractivity contribution < 1.29 is 9.53 Å². The Hall–Kier alpha value is -0.480. The minimum atomic E-state index is -0.388. The lowest BCUT2D eigenvalue weighted by molar-refractivity contribution is -0.00406. The van der Waals surface area contributed by atoms with Gasteiger partial charge in [-0.05, 0) is 33.6 Å². The fourth-order valence-electron chi connectivity index (χ4n) is 2.25. The summed E-state index contributed by atoms with van der Waals surface area (Å²) in [6.07, 6.45) is 2.14. The van der Waals surface area contributed by atoms with E-state index in [2.05, 4.69) is 5.32 Å². The van der Waals surface area contributed by atoms with Gasteiger partial charge in [-0.15, -0.1) is 12.4 Å². The molecule has 0 radical (unpaired) electrons. The maximum Gasteiger partial charge on any atom is 0.410 e. The molecule has 0 aromatic carbocycles. The Bertz CT molecular complexity index is 257. The van der Waals surface area contributed by atoms with Crippen LogP contribution in [0.25, 0.3) is 0 Å². The van der Waals surface area contributed by atoms with E-state index in [4.69, 9.17) is 4.74 Å². The number of carbonyl (C=O) groups is 1. The molecule has 2 bridgehead atoms. The SMILES string of the molecule is CC(C)(C)OC(=O)N1CC2CC[C@H]1CN2.Cl. The molecule has 3 aliphatic heterocycles. The zero-order valence-electron chi connectivity index (χ0n) is 10.2. The summed E-state index contributed by atoms with van der Waals surface area (Å²) in [5.41, 5.74) is -0.388. The Kier molecular flexibility index (Phi) is 4.07. The molecule has 0 aliphatic carbocycles. The van der Waals surface area contributed by atoms with Crippen LogP contribution < -0.4 is 5.32 Å². The van der Waals surface area contributed by atoms with Gasteiger partial charge in [-0.1, -0.05) is 0 Å². The van der Waals surface area contributed by atoms with Crippen LogP contribution in [0.1, 0.15) is 33.6 Å². The monoisotopic (exact) mass is 248 g/mol. The number of rotatable bonds is 0. The molecule has 2 atom stereocenters. The van der Waals surface area contributed by atoms with Crippen LogP contribution in [-0.2, 0) is 4.74 Å². The Balaban J connectivity index is 0.00000128. The second-order valence-electron chi connectivity index (χ2n) is 5.47. The van der Waals surface area contributed by atoms with Gasteiger partial charge in [0, 0.05) is 25.2 Å². The minimum absolute atomic E-state index is 0. The number of amides is 1. The van der Waals surface area contributed by atoms with E-state index < -0.39 is 0 Å². The molecule has 0 saturated carbocycles. The van der Waals surface area contributed by atoms with Crippen LogP contribution in [0.3, 0.4) is 0 Å². The number of fused-ring (bicyclic) bond motifs is 3. The van der Waals surface area contributed by atoms with Gasteiger partial charge in [0.2, 0.25) is 0 Å². The second kappa shape index (κ2) is 4.80. The lowest BCUT2D eigenvalue weighted by Crippen LogP contribution is -2.62. The highest BCUT2D eigenvalue weighted by molar-refractivity contribution is 5.85. The molecular weight excluding hydrogens is 228 g/mol. The van der Waals surface area contributed by atoms with Crippen LogP contribution in [0.4, 0.5) is 4.79 Å². The molecule has 1 N–H and O–H groups in total. The van der Waals surface area contributed by atoms with Gasteiger partial charge in [0.15, 0.2) is 0 Å². The largest absolute Gasteiger partial charge is 0.444 e. The molecule has 3 fully saturated rings. The number of hydrogen-bond donors (Lipinski definition) is 1. The Morgan fingerprint density at radius 1 is 1.38 bits per heavy atom. The molecule has 3 rings (SSSR count). The molecule has 16 heavy (non-hydrogen) atoms. The topological polar surface area (TPSA) is 41.6 Å². The van der Waals surface area contributed by atoms with Gasteiger partial charge < -0.3 is 15.0 Å². The van der Waals surface area contributed by atoms with E-state index in [1.807, 2.05) is 25.7 Å². The lowest BCUT2D eigenvalue weighted by Gasteiger charge is -2.45. The summed E-state index contributed by atoms with van der Waals surface area (Å²) in [7, 11) is 0. The molecule has 3 saturated heterocycles. The third kappa shape index (κ3) is 3.01. The minimum Gasteiger partial charge on any atom is -0.444 e. The van der Waals surface area contributed by atoms with Gasteiger partial charge in [0.1, 0.15) is 5.60 Å². The van der Waals surface area contributed by atoms with Gasteiger partial charge >= 0.3 is 6.09 Å². The summed E-state index contributed by atoms with van der Waals surface area (Å²) in [5, 5.41) is 3.42. The van der Waals surface area contributed by atoms with Crippen molar-refractivity contribution in [1.82, 2.24) is 10.2 Å². The smallest absolute Gasteiger partial charge is 0.410 e. The summed E-state index contributed by atoms with van der Waals surface area (Å²) in [4.78, 5) is 13.8. The number of nitrogens with zero attached hydrogens (tertiary/aromatic N) is 1. The number of hydrogen-bond acceptors (Lipinski definition) is 3. The van der Waals surface area contributed by atoms with Crippen LogP contribution in [-0.4, -0.2) is 41.8 Å². The van der Waals surface area contributed by atoms with Crippen molar-refractivity contribution in [1.29, 1.82) is 0 Å². The van der Waals surface area contributed by atoms with E-state index in [-0.39, 0.29) is 24.1 Å². The third-order valence-corrected chi connectivity index (χ3v) is 2.98. The van der Waals surface area contributed by atoms with Crippen molar-refractivity contribution in [2.24, 2.45) is 0 Å². The predicted octanol–water partition coefficient (Wildman–Crippen LogP) is 1.78. The van der Waals surface area contributed by atoms with Crippen molar-refractivity contribution >= 4 is 18.5 Å². The zero-order valence-corrected chi connectivity index (χ0v) is 11.0. The summed E-state index contributed by atoms with van der Waals surface area (Å²) in [6.45, 7) is 7.45. The number of halogens is 1. The zero-order chi connectivity index (χ0) is 11.1. The average molecular weight is 249 g/mol. The normalized spacial score (nSPS) is 28.6. The first-order valence-corrected chi connectivity index (χ1v) is 5.69. The molecule has 0 aromatic heterocycles. The van der Waals surface area contributed by atoms with Gasteiger partial charge in [0.25, 0.3) is 0 Å². The quantitative estimate of drug-likeness (QED) is 0.711. The molecule has 4 nitrogen and oxygen atoms in total. The molecule has 1 amide bonds. The number of piperidine rings is 2. The number of carbonyl (C=O) groups excluding carboxylic acids is 1. The van der Waals surface area contributed by atoms with Gasteiger partial charge in [-0.2, -0.15) is 0 Å². The molecule has 0 aromatic rings. The molecule has 3 aliphatic rings. The number of piperazine rings is 1. The Morgan fingerprint density at radius 3 is 2.44 bits per heavy atom. The highest BCUT2D eigenvalue weighted by Crippen LogP contribution is 2.24. The second-order valence-corrected chi connectivity index (χ2v) is 5.47. The molecular formula is C11H21ClN2O2. The van der Waals surface area contributed by atoms with Crippen LogP contribution in [0, 0.1) is 0 Å². The molecule has 94 valence electrons. The van der Waals surface area contributed by atoms with Crippen molar-refractivity contribution in [3.05, 3.63) is 0 Å². The maximum atomic E-state index is 11.9. The summed E-state index contributed by atoms with van der Waals surface area (Å²) < 4.78 is 5.39. The molecule has 5 heteroatoms. The predicted molar refractivity (Wildman–Crippen MR) is 65.0 cm³/mol. The summed E-state index contributed by atoms with van der Waals surface area (Å²) in [6, 6.07) is 0.812. The molecule has 3 heterocycles. The van der Waals surface area contributed by atoms with E-state index in [0.717, 1.165) is 19.5 Å². The van der Waals surface area contributed by atoms with Gasteiger partial charge in [0.05, 0.1) is 0 Å². The van der Waals surface area contributed by atoms with Gasteiger partial charge in [-0.3, -0.25) is 0 Å². The van der Waals surface area contributed by atoms with Crippen LogP contribution >= 0.6 is 12.4 Å². The average Bonchev–Trinajstić information content (AvgIpc) is 2.17. The fourth-order valence-corrected chi connectivity index (χ4v) is 2.25. The van der Waals surface area contributed by atoms with Crippen LogP contribution in [0.2, 0.25) is 0 Å². The van der Waals surface area contributed by atoms with Crippen molar-refractivity contribution in [3.8, 4) is 0 Å². The summed E-state index contributed by atoms with van der Waals surface area (Å²) >= 11 is 0. The highest BCUT2D eigenvalue weighted by atomic mass is 35.5. The molecule has 0 spiro atoms. The van der Waals surface area contributed by atoms with Crippen LogP contribution in [0.15, 0.2) is 0 Å². The van der Waals surface area contributed by atoms with Gasteiger partial charge in [-0.25, -0.2) is 4.79 Å². The third-order valence-electron chi connectivity index (χ3n) is 2.98. The van der Waals surface area contributed by atoms with Crippen molar-refractivity contribution in [2.75, 3.05) is 13.1 Å². The Morgan fingerprint density at radius 2 is 2.06 bits per heavy atom. The van der Waals surface area contributed by atoms with E-state index >= 15 is 0 Å². The maximum absolute atomic E-state index is 11.9. The lowest BCUT2D eigenvalue weighted by atomic mass is 9.93. The van der Waals surface area contributed by atoms with E-state index in [9.17, 15) is 4.79 Å². The Labute approximate surface area is 103 Å². The first-order valence-electron chi connectivity index (χ1n) is 5.69. The highest BCUT2D eigenvalue weighted by Gasteiger charge is 2.37. The van der Waals surface area contributed by atoms with Crippen LogP contribution in [0.5, 0.6) is 0 Å². The van der Waals surface area contributed by atoms with E-state index in [1.54, 1.807) is 0 Å². The standard InChI is InChI=1S/C11H20N2O2.ClH/c1-11(2,3)15-10(14)13-7-8-4-5-9(13)6-12-8;/h8-9,12H,4-7H2,1-3H3;1H/t8?,9-;/m0./s1. The fraction of sp³-hybridized carbons (Fsp3) is 0.909. The van der Waals surface area contributed by atoms with Crippen molar-refractivity contribution in [3.63, 3.8) is 0 Å². The first-order chi connectivity index (χ1) is 6.96. The number of nitrogens with one attached hydrogen (secondary N) is 1.